The standard InChI is InChI=1S/C27H37NO3/c1-5-6-16-30-26-18-22(2)27(23(3)19-26)31-17-11-9-7-8-10-13-24-14-12-15-25(20-24)21-28-29-4/h5-6,12,14-15,18-21H,7-11,13,16-17H2,1-4H3/b6-5+,28-21+. The Labute approximate surface area is 187 Å². The Bertz CT molecular complexity index is 819. The van der Waals surface area contributed by atoms with E-state index in [1.807, 2.05) is 25.1 Å². The van der Waals surface area contributed by atoms with E-state index in [1.165, 1.54) is 31.2 Å². The number of oxime groups is 1. The Balaban J connectivity index is 1.63. The van der Waals surface area contributed by atoms with Gasteiger partial charge in [0.1, 0.15) is 25.2 Å². The van der Waals surface area contributed by atoms with Crippen LogP contribution in [0.5, 0.6) is 11.5 Å². The molecule has 0 spiro atoms. The van der Waals surface area contributed by atoms with Crippen LogP contribution in [0.3, 0.4) is 0 Å². The quantitative estimate of drug-likeness (QED) is 0.145. The predicted molar refractivity (Wildman–Crippen MR) is 130 cm³/mol. The summed E-state index contributed by atoms with van der Waals surface area (Å²) in [6, 6.07) is 12.6. The van der Waals surface area contributed by atoms with Crippen LogP contribution >= 0.6 is 0 Å². The number of ether oxygens (including phenoxy) is 2. The summed E-state index contributed by atoms with van der Waals surface area (Å²) in [5.74, 6) is 1.90. The van der Waals surface area contributed by atoms with E-state index < -0.39 is 0 Å². The smallest absolute Gasteiger partial charge is 0.125 e. The number of hydrogen-bond acceptors (Lipinski definition) is 4. The highest BCUT2D eigenvalue weighted by Crippen LogP contribution is 2.28. The van der Waals surface area contributed by atoms with Gasteiger partial charge in [0.15, 0.2) is 0 Å². The number of aryl methyl sites for hydroxylation is 3. The van der Waals surface area contributed by atoms with Crippen molar-refractivity contribution in [1.29, 1.82) is 0 Å². The maximum Gasteiger partial charge on any atom is 0.125 e. The van der Waals surface area contributed by atoms with Crippen molar-refractivity contribution in [1.82, 2.24) is 0 Å². The van der Waals surface area contributed by atoms with Gasteiger partial charge >= 0.3 is 0 Å². The van der Waals surface area contributed by atoms with Gasteiger partial charge in [-0.3, -0.25) is 0 Å². The highest BCUT2D eigenvalue weighted by Gasteiger charge is 2.07. The topological polar surface area (TPSA) is 40.0 Å². The molecule has 0 radical (unpaired) electrons. The molecular weight excluding hydrogens is 386 g/mol. The second-order valence-electron chi connectivity index (χ2n) is 7.79. The Morgan fingerprint density at radius 2 is 1.65 bits per heavy atom. The van der Waals surface area contributed by atoms with Crippen LogP contribution in [0.1, 0.15) is 61.3 Å². The fourth-order valence-electron chi connectivity index (χ4n) is 3.54. The van der Waals surface area contributed by atoms with Crippen LogP contribution in [-0.4, -0.2) is 26.5 Å². The van der Waals surface area contributed by atoms with E-state index in [2.05, 4.69) is 49.3 Å². The van der Waals surface area contributed by atoms with E-state index in [1.54, 1.807) is 13.3 Å². The first-order valence-electron chi connectivity index (χ1n) is 11.3. The molecule has 168 valence electrons. The highest BCUT2D eigenvalue weighted by molar-refractivity contribution is 5.79. The molecule has 2 aromatic rings. The van der Waals surface area contributed by atoms with Gasteiger partial charge in [0.25, 0.3) is 0 Å². The maximum absolute atomic E-state index is 6.08. The second kappa shape index (κ2) is 14.3. The summed E-state index contributed by atoms with van der Waals surface area (Å²) in [5.41, 5.74) is 4.70. The van der Waals surface area contributed by atoms with Gasteiger partial charge in [-0.25, -0.2) is 0 Å². The molecule has 0 unspecified atom stereocenters. The van der Waals surface area contributed by atoms with Gasteiger partial charge in [-0.15, -0.1) is 0 Å². The Hall–Kier alpha value is -2.75. The van der Waals surface area contributed by atoms with Crippen LogP contribution in [-0.2, 0) is 11.3 Å². The average Bonchev–Trinajstić information content (AvgIpc) is 2.76. The zero-order valence-electron chi connectivity index (χ0n) is 19.5. The number of benzene rings is 2. The first-order valence-corrected chi connectivity index (χ1v) is 11.3. The lowest BCUT2D eigenvalue weighted by Gasteiger charge is -2.14. The fourth-order valence-corrected chi connectivity index (χ4v) is 3.54. The third kappa shape index (κ3) is 9.29. The molecule has 0 aliphatic rings. The summed E-state index contributed by atoms with van der Waals surface area (Å²) in [4.78, 5) is 4.75. The van der Waals surface area contributed by atoms with E-state index in [0.29, 0.717) is 6.61 Å². The van der Waals surface area contributed by atoms with Gasteiger partial charge in [0, 0.05) is 0 Å². The Morgan fingerprint density at radius 3 is 2.39 bits per heavy atom. The molecule has 2 aromatic carbocycles. The van der Waals surface area contributed by atoms with Crippen LogP contribution < -0.4 is 9.47 Å². The Morgan fingerprint density at radius 1 is 0.903 bits per heavy atom. The molecule has 0 amide bonds. The number of hydrogen-bond donors (Lipinski definition) is 0. The van der Waals surface area contributed by atoms with Crippen molar-refractivity contribution in [2.45, 2.75) is 59.3 Å². The molecule has 31 heavy (non-hydrogen) atoms. The van der Waals surface area contributed by atoms with Crippen LogP contribution in [0, 0.1) is 13.8 Å². The van der Waals surface area contributed by atoms with Crippen molar-refractivity contribution >= 4 is 6.21 Å². The van der Waals surface area contributed by atoms with Gasteiger partial charge in [0.2, 0.25) is 0 Å². The fraction of sp³-hybridized carbons (Fsp3) is 0.444. The largest absolute Gasteiger partial charge is 0.493 e. The maximum atomic E-state index is 6.08. The molecule has 0 aromatic heterocycles. The van der Waals surface area contributed by atoms with E-state index >= 15 is 0 Å². The number of rotatable bonds is 14. The molecular formula is C27H37NO3. The van der Waals surface area contributed by atoms with Crippen LogP contribution in [0.25, 0.3) is 0 Å². The summed E-state index contributed by atoms with van der Waals surface area (Å²) in [6.07, 6.45) is 12.8. The second-order valence-corrected chi connectivity index (χ2v) is 7.79. The number of unbranched alkanes of at least 4 members (excludes halogenated alkanes) is 4. The summed E-state index contributed by atoms with van der Waals surface area (Å²) in [7, 11) is 1.56. The molecule has 0 saturated heterocycles. The lowest BCUT2D eigenvalue weighted by atomic mass is 10.0. The SMILES string of the molecule is C/C=C/COc1cc(C)c(OCCCCCCCc2cccc(/C=N/OC)c2)c(C)c1. The Kier molecular flexibility index (Phi) is 11.3. The molecule has 2 rings (SSSR count). The van der Waals surface area contributed by atoms with Gasteiger partial charge < -0.3 is 14.3 Å². The molecule has 0 heterocycles. The molecule has 0 bridgehead atoms. The summed E-state index contributed by atoms with van der Waals surface area (Å²) in [6.45, 7) is 7.53. The molecule has 0 aliphatic carbocycles. The van der Waals surface area contributed by atoms with E-state index in [4.69, 9.17) is 14.3 Å². The number of allylic oxidation sites excluding steroid dienone is 1. The van der Waals surface area contributed by atoms with Crippen molar-refractivity contribution in [3.63, 3.8) is 0 Å². The zero-order valence-corrected chi connectivity index (χ0v) is 19.5. The minimum absolute atomic E-state index is 0.600. The highest BCUT2D eigenvalue weighted by atomic mass is 16.6. The summed E-state index contributed by atoms with van der Waals surface area (Å²) < 4.78 is 11.8. The van der Waals surface area contributed by atoms with E-state index in [9.17, 15) is 0 Å². The lowest BCUT2D eigenvalue weighted by Crippen LogP contribution is -2.02. The van der Waals surface area contributed by atoms with E-state index in [0.717, 1.165) is 47.6 Å². The van der Waals surface area contributed by atoms with Crippen LogP contribution in [0.4, 0.5) is 0 Å². The third-order valence-corrected chi connectivity index (χ3v) is 5.13. The van der Waals surface area contributed by atoms with Crippen LogP contribution in [0.2, 0.25) is 0 Å². The first kappa shape index (κ1) is 24.5. The zero-order chi connectivity index (χ0) is 22.3. The average molecular weight is 424 g/mol. The predicted octanol–water partition coefficient (Wildman–Crippen LogP) is 6.81. The third-order valence-electron chi connectivity index (χ3n) is 5.13. The molecule has 0 N–H and O–H groups in total. The minimum Gasteiger partial charge on any atom is -0.493 e. The molecule has 4 heteroatoms. The van der Waals surface area contributed by atoms with Crippen molar-refractivity contribution < 1.29 is 14.3 Å². The molecule has 0 fully saturated rings. The van der Waals surface area contributed by atoms with Gasteiger partial charge in [-0.2, -0.15) is 0 Å². The normalized spacial score (nSPS) is 11.4. The molecule has 0 aliphatic heterocycles. The number of nitrogens with zero attached hydrogens (tertiary/aromatic N) is 1. The molecule has 0 atom stereocenters. The summed E-state index contributed by atoms with van der Waals surface area (Å²) >= 11 is 0. The minimum atomic E-state index is 0.600. The summed E-state index contributed by atoms with van der Waals surface area (Å²) in [5, 5.41) is 3.83. The van der Waals surface area contributed by atoms with Crippen molar-refractivity contribution in [3.8, 4) is 11.5 Å². The molecule has 4 nitrogen and oxygen atoms in total. The monoisotopic (exact) mass is 423 g/mol. The van der Waals surface area contributed by atoms with Gasteiger partial charge in [-0.1, -0.05) is 60.8 Å². The molecule has 0 saturated carbocycles. The first-order chi connectivity index (χ1) is 15.1. The van der Waals surface area contributed by atoms with Crippen molar-refractivity contribution in [3.05, 3.63) is 70.8 Å². The van der Waals surface area contributed by atoms with Crippen molar-refractivity contribution in [2.75, 3.05) is 20.3 Å². The van der Waals surface area contributed by atoms with Crippen molar-refractivity contribution in [2.24, 2.45) is 5.16 Å². The van der Waals surface area contributed by atoms with Crippen LogP contribution in [0.15, 0.2) is 53.7 Å². The lowest BCUT2D eigenvalue weighted by molar-refractivity contribution is 0.215. The van der Waals surface area contributed by atoms with Gasteiger partial charge in [-0.05, 0) is 74.4 Å². The van der Waals surface area contributed by atoms with Gasteiger partial charge in [0.05, 0.1) is 12.8 Å². The van der Waals surface area contributed by atoms with E-state index in [-0.39, 0.29) is 0 Å².